The molecule has 0 aromatic heterocycles. The van der Waals surface area contributed by atoms with Crippen LogP contribution in [0.4, 0.5) is 11.4 Å². The molecule has 3 aliphatic rings. The number of ether oxygens (including phenoxy) is 1. The van der Waals surface area contributed by atoms with Crippen molar-refractivity contribution < 1.29 is 23.9 Å². The van der Waals surface area contributed by atoms with Crippen LogP contribution in [0.15, 0.2) is 42.5 Å². The van der Waals surface area contributed by atoms with Crippen molar-refractivity contribution in [3.8, 4) is 5.75 Å². The lowest BCUT2D eigenvalue weighted by atomic mass is 9.81. The van der Waals surface area contributed by atoms with Gasteiger partial charge in [-0.1, -0.05) is 24.4 Å². The molecule has 3 amide bonds. The van der Waals surface area contributed by atoms with Crippen molar-refractivity contribution in [2.75, 3.05) is 16.3 Å². The van der Waals surface area contributed by atoms with E-state index < -0.39 is 11.9 Å². The molecule has 0 radical (unpaired) electrons. The van der Waals surface area contributed by atoms with Crippen LogP contribution in [0.2, 0.25) is 5.02 Å². The van der Waals surface area contributed by atoms with Crippen LogP contribution in [0.5, 0.6) is 5.75 Å². The fourth-order valence-corrected chi connectivity index (χ4v) is 5.40. The Kier molecular flexibility index (Phi) is 5.90. The van der Waals surface area contributed by atoms with Crippen LogP contribution in [-0.4, -0.2) is 30.2 Å². The second kappa shape index (κ2) is 8.87. The molecule has 0 bridgehead atoms. The third-order valence-electron chi connectivity index (χ3n) is 7.07. The number of benzene rings is 2. The summed E-state index contributed by atoms with van der Waals surface area (Å²) in [6.45, 7) is 2.02. The molecule has 2 aliphatic heterocycles. The Bertz CT molecular complexity index is 1150. The van der Waals surface area contributed by atoms with Crippen molar-refractivity contribution in [1.29, 1.82) is 0 Å². The fraction of sp³-hybridized carbons (Fsp3) is 0.385. The quantitative estimate of drug-likeness (QED) is 0.370. The van der Waals surface area contributed by atoms with Gasteiger partial charge in [-0.3, -0.25) is 19.2 Å². The lowest BCUT2D eigenvalue weighted by Gasteiger charge is -2.19. The van der Waals surface area contributed by atoms with Crippen molar-refractivity contribution in [3.05, 3.63) is 53.1 Å². The Morgan fingerprint density at radius 3 is 2.24 bits per heavy atom. The maximum absolute atomic E-state index is 12.9. The van der Waals surface area contributed by atoms with E-state index in [1.54, 1.807) is 54.3 Å². The first kappa shape index (κ1) is 22.6. The predicted octanol–water partition coefficient (Wildman–Crippen LogP) is 4.29. The number of hydrogen-bond acceptors (Lipinski definition) is 5. The summed E-state index contributed by atoms with van der Waals surface area (Å²) >= 11 is 5.92. The number of imide groups is 1. The zero-order valence-electron chi connectivity index (χ0n) is 18.8. The van der Waals surface area contributed by atoms with Crippen molar-refractivity contribution in [1.82, 2.24) is 0 Å². The van der Waals surface area contributed by atoms with E-state index in [-0.39, 0.29) is 42.5 Å². The van der Waals surface area contributed by atoms with Gasteiger partial charge in [-0.05, 0) is 67.8 Å². The van der Waals surface area contributed by atoms with Gasteiger partial charge in [-0.15, -0.1) is 0 Å². The molecule has 0 spiro atoms. The molecule has 0 N–H and O–H groups in total. The largest absolute Gasteiger partial charge is 0.426 e. The monoisotopic (exact) mass is 480 g/mol. The standard InChI is InChI=1S/C26H25ClN2O5/c1-15-12-19(10-11-22(15)29-24(31)20-4-2-3-5-21(20)25(29)32)34-26(33)16-13-23(30)28(14-16)18-8-6-17(27)7-9-18/h6-12,16,20-21H,2-5,13-14H2,1H3. The van der Waals surface area contributed by atoms with Crippen LogP contribution in [0.3, 0.4) is 0 Å². The van der Waals surface area contributed by atoms with E-state index in [0.29, 0.717) is 27.7 Å². The molecule has 7 nitrogen and oxygen atoms in total. The van der Waals surface area contributed by atoms with Crippen LogP contribution >= 0.6 is 11.6 Å². The van der Waals surface area contributed by atoms with Gasteiger partial charge in [0.1, 0.15) is 5.75 Å². The van der Waals surface area contributed by atoms with Crippen LogP contribution < -0.4 is 14.5 Å². The average molecular weight is 481 g/mol. The summed E-state index contributed by atoms with van der Waals surface area (Å²) in [5.74, 6) is -1.61. The molecule has 176 valence electrons. The number of carbonyl (C=O) groups is 4. The van der Waals surface area contributed by atoms with Crippen LogP contribution in [0.1, 0.15) is 37.7 Å². The lowest BCUT2D eigenvalue weighted by Crippen LogP contribution is -2.31. The van der Waals surface area contributed by atoms with Crippen molar-refractivity contribution >= 4 is 46.7 Å². The van der Waals surface area contributed by atoms with Gasteiger partial charge in [0.05, 0.1) is 23.4 Å². The van der Waals surface area contributed by atoms with Gasteiger partial charge in [-0.25, -0.2) is 4.90 Å². The molecular weight excluding hydrogens is 456 g/mol. The van der Waals surface area contributed by atoms with Crippen LogP contribution in [0.25, 0.3) is 0 Å². The van der Waals surface area contributed by atoms with Gasteiger partial charge in [0, 0.05) is 23.7 Å². The highest BCUT2D eigenvalue weighted by atomic mass is 35.5. The number of aryl methyl sites for hydroxylation is 1. The zero-order chi connectivity index (χ0) is 24.0. The van der Waals surface area contributed by atoms with E-state index in [2.05, 4.69) is 0 Å². The minimum atomic E-state index is -0.590. The zero-order valence-corrected chi connectivity index (χ0v) is 19.6. The molecule has 2 aromatic carbocycles. The molecule has 1 saturated carbocycles. The Balaban J connectivity index is 1.28. The molecule has 3 unspecified atom stereocenters. The molecule has 3 fully saturated rings. The van der Waals surface area contributed by atoms with Gasteiger partial charge < -0.3 is 9.64 Å². The lowest BCUT2D eigenvalue weighted by molar-refractivity contribution is -0.139. The summed E-state index contributed by atoms with van der Waals surface area (Å²) in [6.07, 6.45) is 3.53. The highest BCUT2D eigenvalue weighted by Gasteiger charge is 2.49. The van der Waals surface area contributed by atoms with Gasteiger partial charge in [0.25, 0.3) is 0 Å². The number of halogens is 1. The number of esters is 1. The maximum Gasteiger partial charge on any atom is 0.316 e. The highest BCUT2D eigenvalue weighted by molar-refractivity contribution is 6.30. The number of amides is 3. The molecule has 5 rings (SSSR count). The van der Waals surface area contributed by atoms with Gasteiger partial charge in [0.2, 0.25) is 17.7 Å². The molecule has 34 heavy (non-hydrogen) atoms. The third kappa shape index (κ3) is 3.98. The minimum absolute atomic E-state index is 0.0675. The summed E-state index contributed by atoms with van der Waals surface area (Å²) in [6, 6.07) is 11.8. The average Bonchev–Trinajstić information content (AvgIpc) is 3.33. The Morgan fingerprint density at radius 1 is 0.971 bits per heavy atom. The number of carbonyl (C=O) groups excluding carboxylic acids is 4. The summed E-state index contributed by atoms with van der Waals surface area (Å²) in [4.78, 5) is 53.9. The second-order valence-electron chi connectivity index (χ2n) is 9.26. The topological polar surface area (TPSA) is 84.0 Å². The number of anilines is 2. The van der Waals surface area contributed by atoms with E-state index >= 15 is 0 Å². The van der Waals surface area contributed by atoms with Gasteiger partial charge >= 0.3 is 5.97 Å². The highest BCUT2D eigenvalue weighted by Crippen LogP contribution is 2.41. The molecular formula is C26H25ClN2O5. The normalized spacial score (nSPS) is 24.5. The SMILES string of the molecule is Cc1cc(OC(=O)C2CC(=O)N(c3ccc(Cl)cc3)C2)ccc1N1C(=O)C2CCCCC2C1=O. The van der Waals surface area contributed by atoms with Gasteiger partial charge in [0.15, 0.2) is 0 Å². The number of hydrogen-bond donors (Lipinski definition) is 0. The first-order chi connectivity index (χ1) is 16.3. The van der Waals surface area contributed by atoms with E-state index in [1.165, 1.54) is 4.90 Å². The molecule has 2 saturated heterocycles. The maximum atomic E-state index is 12.9. The number of rotatable bonds is 4. The second-order valence-corrected chi connectivity index (χ2v) is 9.70. The van der Waals surface area contributed by atoms with E-state index in [4.69, 9.17) is 16.3 Å². The summed E-state index contributed by atoms with van der Waals surface area (Å²) in [5.41, 5.74) is 1.90. The summed E-state index contributed by atoms with van der Waals surface area (Å²) in [5, 5.41) is 0.571. The van der Waals surface area contributed by atoms with Crippen LogP contribution in [-0.2, 0) is 19.2 Å². The summed E-state index contributed by atoms with van der Waals surface area (Å²) < 4.78 is 5.57. The Labute approximate surface area is 202 Å². The van der Waals surface area contributed by atoms with Crippen LogP contribution in [0, 0.1) is 24.7 Å². The first-order valence-corrected chi connectivity index (χ1v) is 12.0. The molecule has 1 aliphatic carbocycles. The molecule has 2 aromatic rings. The Morgan fingerprint density at radius 2 is 1.62 bits per heavy atom. The number of nitrogens with zero attached hydrogens (tertiary/aromatic N) is 2. The summed E-state index contributed by atoms with van der Waals surface area (Å²) in [7, 11) is 0. The van der Waals surface area contributed by atoms with Crippen molar-refractivity contribution in [2.45, 2.75) is 39.0 Å². The van der Waals surface area contributed by atoms with E-state index in [0.717, 1.165) is 25.7 Å². The molecule has 2 heterocycles. The fourth-order valence-electron chi connectivity index (χ4n) is 5.28. The van der Waals surface area contributed by atoms with Crippen molar-refractivity contribution in [3.63, 3.8) is 0 Å². The smallest absolute Gasteiger partial charge is 0.316 e. The Hall–Kier alpha value is -3.19. The molecule has 3 atom stereocenters. The van der Waals surface area contributed by atoms with E-state index in [1.807, 2.05) is 0 Å². The minimum Gasteiger partial charge on any atom is -0.426 e. The van der Waals surface area contributed by atoms with E-state index in [9.17, 15) is 19.2 Å². The molecule has 8 heteroatoms. The van der Waals surface area contributed by atoms with Crippen molar-refractivity contribution in [2.24, 2.45) is 17.8 Å². The first-order valence-electron chi connectivity index (χ1n) is 11.6. The van der Waals surface area contributed by atoms with Gasteiger partial charge in [-0.2, -0.15) is 0 Å². The predicted molar refractivity (Wildman–Crippen MR) is 127 cm³/mol. The number of fused-ring (bicyclic) bond motifs is 1. The third-order valence-corrected chi connectivity index (χ3v) is 7.32.